The fourth-order valence-corrected chi connectivity index (χ4v) is 3.64. The quantitative estimate of drug-likeness (QED) is 0.876. The molecule has 1 aromatic rings. The van der Waals surface area contributed by atoms with Crippen molar-refractivity contribution in [2.45, 2.75) is 24.7 Å². The summed E-state index contributed by atoms with van der Waals surface area (Å²) < 4.78 is 28.0. The first-order valence-corrected chi connectivity index (χ1v) is 8.73. The number of hydrogen-bond acceptors (Lipinski definition) is 3. The van der Waals surface area contributed by atoms with E-state index in [0.29, 0.717) is 17.4 Å². The first-order chi connectivity index (χ1) is 8.99. The van der Waals surface area contributed by atoms with Gasteiger partial charge in [0.05, 0.1) is 4.90 Å². The highest BCUT2D eigenvalue weighted by Crippen LogP contribution is 2.20. The Hall–Kier alpha value is -0.430. The lowest BCUT2D eigenvalue weighted by molar-refractivity contribution is 0.376. The molecule has 0 amide bonds. The molecule has 4 nitrogen and oxygen atoms in total. The van der Waals surface area contributed by atoms with Crippen LogP contribution in [-0.4, -0.2) is 28.1 Å². The number of aryl methyl sites for hydroxylation is 1. The normalized spacial score (nSPS) is 20.4. The number of benzene rings is 1. The van der Waals surface area contributed by atoms with Crippen molar-refractivity contribution in [3.05, 3.63) is 28.2 Å². The Bertz CT molecular complexity index is 540. The summed E-state index contributed by atoms with van der Waals surface area (Å²) in [5.74, 6) is 0.389. The molecule has 0 aliphatic carbocycles. The summed E-state index contributed by atoms with van der Waals surface area (Å²) in [5.41, 5.74) is 0.919. The summed E-state index contributed by atoms with van der Waals surface area (Å²) in [6, 6.07) is 5.08. The van der Waals surface area contributed by atoms with E-state index in [0.717, 1.165) is 36.0 Å². The number of sulfonamides is 1. The third-order valence-electron chi connectivity index (χ3n) is 3.40. The largest absolute Gasteiger partial charge is 0.316 e. The van der Waals surface area contributed by atoms with Gasteiger partial charge in [0.1, 0.15) is 0 Å². The zero-order chi connectivity index (χ0) is 13.9. The Morgan fingerprint density at radius 2 is 2.26 bits per heavy atom. The molecule has 106 valence electrons. The van der Waals surface area contributed by atoms with E-state index in [-0.39, 0.29) is 0 Å². The molecule has 2 N–H and O–H groups in total. The van der Waals surface area contributed by atoms with Crippen molar-refractivity contribution >= 4 is 26.0 Å². The van der Waals surface area contributed by atoms with Gasteiger partial charge >= 0.3 is 0 Å². The van der Waals surface area contributed by atoms with Crippen LogP contribution in [0.4, 0.5) is 0 Å². The fourth-order valence-electron chi connectivity index (χ4n) is 2.19. The zero-order valence-corrected chi connectivity index (χ0v) is 13.4. The molecule has 1 saturated heterocycles. The van der Waals surface area contributed by atoms with Crippen LogP contribution in [0.5, 0.6) is 0 Å². The number of halogens is 1. The molecule has 1 aromatic carbocycles. The monoisotopic (exact) mass is 346 g/mol. The molecule has 1 atom stereocenters. The molecule has 6 heteroatoms. The smallest absolute Gasteiger partial charge is 0.240 e. The van der Waals surface area contributed by atoms with Crippen molar-refractivity contribution in [3.63, 3.8) is 0 Å². The van der Waals surface area contributed by atoms with Crippen molar-refractivity contribution in [3.8, 4) is 0 Å². The maximum atomic E-state index is 12.2. The molecule has 1 fully saturated rings. The van der Waals surface area contributed by atoms with Gasteiger partial charge in [-0.25, -0.2) is 13.1 Å². The number of piperidine rings is 1. The Kier molecular flexibility index (Phi) is 5.00. The molecule has 19 heavy (non-hydrogen) atoms. The second-order valence-electron chi connectivity index (χ2n) is 4.98. The third kappa shape index (κ3) is 4.02. The number of nitrogens with one attached hydrogen (secondary N) is 2. The summed E-state index contributed by atoms with van der Waals surface area (Å²) in [6.07, 6.45) is 2.19. The van der Waals surface area contributed by atoms with Crippen molar-refractivity contribution < 1.29 is 8.42 Å². The maximum Gasteiger partial charge on any atom is 0.240 e. The van der Waals surface area contributed by atoms with Gasteiger partial charge in [0.15, 0.2) is 0 Å². The van der Waals surface area contributed by atoms with Crippen LogP contribution in [0, 0.1) is 12.8 Å². The predicted octanol–water partition coefficient (Wildman–Crippen LogP) is 2.04. The summed E-state index contributed by atoms with van der Waals surface area (Å²) >= 11 is 3.37. The van der Waals surface area contributed by atoms with Crippen molar-refractivity contribution in [2.24, 2.45) is 5.92 Å². The summed E-state index contributed by atoms with van der Waals surface area (Å²) in [7, 11) is -3.40. The van der Waals surface area contributed by atoms with Gasteiger partial charge in [0.25, 0.3) is 0 Å². The Labute approximate surface area is 123 Å². The fraction of sp³-hybridized carbons (Fsp3) is 0.538. The highest BCUT2D eigenvalue weighted by atomic mass is 79.9. The van der Waals surface area contributed by atoms with Crippen molar-refractivity contribution in [1.29, 1.82) is 0 Å². The molecule has 0 radical (unpaired) electrons. The van der Waals surface area contributed by atoms with Crippen LogP contribution in [0.3, 0.4) is 0 Å². The minimum Gasteiger partial charge on any atom is -0.316 e. The minimum absolute atomic E-state index is 0.331. The molecule has 1 aliphatic heterocycles. The summed E-state index contributed by atoms with van der Waals surface area (Å²) in [5, 5.41) is 3.29. The maximum absolute atomic E-state index is 12.2. The minimum atomic E-state index is -3.40. The predicted molar refractivity (Wildman–Crippen MR) is 79.7 cm³/mol. The molecular formula is C13H19BrN2O2S. The van der Waals surface area contributed by atoms with Gasteiger partial charge in [0.2, 0.25) is 10.0 Å². The standard InChI is InChI=1S/C13H19BrN2O2S/c1-10-7-12(4-5-13(10)14)19(17,18)16-9-11-3-2-6-15-8-11/h4-5,7,11,15-16H,2-3,6,8-9H2,1H3/t11-/m1/s1. The van der Waals surface area contributed by atoms with Crippen LogP contribution in [0.1, 0.15) is 18.4 Å². The lowest BCUT2D eigenvalue weighted by Gasteiger charge is -2.22. The topological polar surface area (TPSA) is 58.2 Å². The van der Waals surface area contributed by atoms with Gasteiger partial charge in [-0.15, -0.1) is 0 Å². The molecule has 0 unspecified atom stereocenters. The van der Waals surface area contributed by atoms with Crippen LogP contribution in [0.25, 0.3) is 0 Å². The van der Waals surface area contributed by atoms with E-state index in [1.54, 1.807) is 18.2 Å². The molecule has 2 rings (SSSR count). The summed E-state index contributed by atoms with van der Waals surface area (Å²) in [6.45, 7) is 4.32. The zero-order valence-electron chi connectivity index (χ0n) is 10.9. The number of hydrogen-bond donors (Lipinski definition) is 2. The summed E-state index contributed by atoms with van der Waals surface area (Å²) in [4.78, 5) is 0.331. The van der Waals surface area contributed by atoms with E-state index in [1.165, 1.54) is 0 Å². The molecule has 1 heterocycles. The number of rotatable bonds is 4. The molecular weight excluding hydrogens is 328 g/mol. The van der Waals surface area contributed by atoms with Crippen molar-refractivity contribution in [1.82, 2.24) is 10.0 Å². The van der Waals surface area contributed by atoms with E-state index in [9.17, 15) is 8.42 Å². The van der Waals surface area contributed by atoms with Crippen LogP contribution in [-0.2, 0) is 10.0 Å². The second-order valence-corrected chi connectivity index (χ2v) is 7.60. The van der Waals surface area contributed by atoms with E-state index in [1.807, 2.05) is 6.92 Å². The molecule has 0 bridgehead atoms. The molecule has 0 aromatic heterocycles. The van der Waals surface area contributed by atoms with Gasteiger partial charge < -0.3 is 5.32 Å². The average Bonchev–Trinajstić information content (AvgIpc) is 2.41. The van der Waals surface area contributed by atoms with Gasteiger partial charge in [-0.05, 0) is 62.5 Å². The highest BCUT2D eigenvalue weighted by Gasteiger charge is 2.18. The lowest BCUT2D eigenvalue weighted by Crippen LogP contribution is -2.38. The van der Waals surface area contributed by atoms with Crippen LogP contribution in [0.15, 0.2) is 27.6 Å². The van der Waals surface area contributed by atoms with Gasteiger partial charge in [-0.2, -0.15) is 0 Å². The highest BCUT2D eigenvalue weighted by molar-refractivity contribution is 9.10. The van der Waals surface area contributed by atoms with E-state index in [4.69, 9.17) is 0 Å². The van der Waals surface area contributed by atoms with Crippen LogP contribution < -0.4 is 10.0 Å². The van der Waals surface area contributed by atoms with Crippen LogP contribution >= 0.6 is 15.9 Å². The molecule has 1 aliphatic rings. The Morgan fingerprint density at radius 1 is 1.47 bits per heavy atom. The van der Waals surface area contributed by atoms with Gasteiger partial charge in [0, 0.05) is 11.0 Å². The second kappa shape index (κ2) is 6.35. The van der Waals surface area contributed by atoms with Gasteiger partial charge in [-0.1, -0.05) is 15.9 Å². The van der Waals surface area contributed by atoms with E-state index in [2.05, 4.69) is 26.0 Å². The molecule has 0 spiro atoms. The Morgan fingerprint density at radius 3 is 2.89 bits per heavy atom. The Balaban J connectivity index is 2.02. The van der Waals surface area contributed by atoms with E-state index >= 15 is 0 Å². The van der Waals surface area contributed by atoms with Crippen LogP contribution in [0.2, 0.25) is 0 Å². The first-order valence-electron chi connectivity index (χ1n) is 6.45. The molecule has 0 saturated carbocycles. The SMILES string of the molecule is Cc1cc(S(=O)(=O)NC[C@@H]2CCCNC2)ccc1Br. The van der Waals surface area contributed by atoms with Gasteiger partial charge in [-0.3, -0.25) is 0 Å². The first kappa shape index (κ1) is 15.0. The van der Waals surface area contributed by atoms with E-state index < -0.39 is 10.0 Å². The van der Waals surface area contributed by atoms with Crippen molar-refractivity contribution in [2.75, 3.05) is 19.6 Å². The average molecular weight is 347 g/mol. The lowest BCUT2D eigenvalue weighted by atomic mass is 10.0. The third-order valence-corrected chi connectivity index (χ3v) is 5.71.